The van der Waals surface area contributed by atoms with Gasteiger partial charge in [0.05, 0.1) is 41.9 Å². The number of amides is 3. The van der Waals surface area contributed by atoms with Gasteiger partial charge in [0, 0.05) is 24.8 Å². The molecular formula is C48H64N8O6. The number of methoxy groups -OCH3 is 1. The van der Waals surface area contributed by atoms with Crippen molar-refractivity contribution in [3.05, 3.63) is 76.8 Å². The number of aryl methyl sites for hydroxylation is 1. The number of carbonyl (C=O) groups excluding carboxylic acids is 2. The average Bonchev–Trinajstić information content (AvgIpc) is 4.12. The van der Waals surface area contributed by atoms with Gasteiger partial charge in [-0.2, -0.15) is 0 Å². The number of benzene rings is 1. The molecule has 62 heavy (non-hydrogen) atoms. The molecule has 6 N–H and O–H groups in total. The summed E-state index contributed by atoms with van der Waals surface area (Å²) in [5.41, 5.74) is 8.10. The summed E-state index contributed by atoms with van der Waals surface area (Å²) >= 11 is 0. The Morgan fingerprint density at radius 1 is 0.855 bits per heavy atom. The van der Waals surface area contributed by atoms with Crippen molar-refractivity contribution in [1.29, 1.82) is 0 Å². The molecule has 0 radical (unpaired) electrons. The van der Waals surface area contributed by atoms with Crippen LogP contribution in [0.3, 0.4) is 0 Å². The highest BCUT2D eigenvalue weighted by Gasteiger charge is 2.53. The lowest BCUT2D eigenvalue weighted by Gasteiger charge is -2.38. The summed E-state index contributed by atoms with van der Waals surface area (Å²) in [4.78, 5) is 61.3. The van der Waals surface area contributed by atoms with Crippen LogP contribution in [-0.4, -0.2) is 95.5 Å². The predicted octanol–water partition coefficient (Wildman–Crippen LogP) is 7.20. The van der Waals surface area contributed by atoms with Crippen LogP contribution >= 0.6 is 0 Å². The third kappa shape index (κ3) is 7.80. The van der Waals surface area contributed by atoms with Gasteiger partial charge in [0.1, 0.15) is 17.7 Å². The lowest BCUT2D eigenvalue weighted by molar-refractivity contribution is -0.148. The molecule has 2 saturated heterocycles. The van der Waals surface area contributed by atoms with Gasteiger partial charge >= 0.3 is 6.09 Å². The van der Waals surface area contributed by atoms with Crippen LogP contribution in [0.25, 0.3) is 16.8 Å². The molecule has 7 aliphatic carbocycles. The summed E-state index contributed by atoms with van der Waals surface area (Å²) in [6.45, 7) is 10.0. The Bertz CT molecular complexity index is 2240. The third-order valence-electron chi connectivity index (χ3n) is 15.1. The largest absolute Gasteiger partial charge is 0.465 e. The smallest absolute Gasteiger partial charge is 0.405 e. The first-order chi connectivity index (χ1) is 29.8. The number of H-pyrrole nitrogens is 2. The van der Waals surface area contributed by atoms with E-state index in [0.29, 0.717) is 11.8 Å². The first-order valence-electron chi connectivity index (χ1n) is 23.0. The van der Waals surface area contributed by atoms with E-state index in [4.69, 9.17) is 14.7 Å². The molecule has 11 atom stereocenters. The van der Waals surface area contributed by atoms with E-state index in [9.17, 15) is 24.6 Å². The lowest BCUT2D eigenvalue weighted by atomic mass is 9.79. The van der Waals surface area contributed by atoms with Crippen LogP contribution < -0.4 is 10.6 Å². The zero-order valence-electron chi connectivity index (χ0n) is 36.9. The van der Waals surface area contributed by atoms with Crippen LogP contribution in [0.2, 0.25) is 0 Å². The van der Waals surface area contributed by atoms with E-state index >= 15 is 0 Å². The number of aliphatic hydroxyl groups is 1. The molecule has 332 valence electrons. The summed E-state index contributed by atoms with van der Waals surface area (Å²) in [6, 6.07) is 5.39. The van der Waals surface area contributed by atoms with Crippen LogP contribution in [-0.2, 0) is 20.7 Å². The monoisotopic (exact) mass is 848 g/mol. The highest BCUT2D eigenvalue weighted by molar-refractivity contribution is 5.87. The Labute approximate surface area is 364 Å². The molecule has 12 rings (SSSR count). The van der Waals surface area contributed by atoms with E-state index in [0.717, 1.165) is 92.8 Å². The van der Waals surface area contributed by atoms with Gasteiger partial charge in [-0.1, -0.05) is 58.9 Å². The zero-order valence-corrected chi connectivity index (χ0v) is 36.9. The normalized spacial score (nSPS) is 29.2. The fourth-order valence-electron chi connectivity index (χ4n) is 11.9. The standard InChI is InChI=1S/C48H64N8O6/c1-24(2)39(53-47(59)60)45(57)55-33-15-13-31(19-33)41(55)43-49-22-37(51-43)35-18-27-7-9-28-11-12-29(26(5)17-30(35)10-8-27)21-36(28)38-23-50-44(52-38)42-32-14-16-34(20-32)56(42)46(58)40(25(3)4)54-48(61)62-6/h10-12,18,21-27,31-34,39-42,48,53-54,61H,7-9,13-17,19-20H2,1-6H3,(H,49,51)(H,50,52)(H,59,60). The van der Waals surface area contributed by atoms with Gasteiger partial charge in [-0.05, 0) is 128 Å². The summed E-state index contributed by atoms with van der Waals surface area (Å²) in [5.74, 6) is 2.36. The molecule has 4 fully saturated rings. The zero-order chi connectivity index (χ0) is 43.6. The molecule has 2 aliphatic heterocycles. The van der Waals surface area contributed by atoms with Gasteiger partial charge < -0.3 is 40.0 Å². The Balaban J connectivity index is 0.961. The molecule has 3 aromatic rings. The number of aromatic amines is 2. The van der Waals surface area contributed by atoms with Gasteiger partial charge in [-0.3, -0.25) is 14.9 Å². The van der Waals surface area contributed by atoms with E-state index < -0.39 is 24.6 Å². The minimum atomic E-state index is -1.23. The molecule has 14 heteroatoms. The average molecular weight is 849 g/mol. The number of likely N-dealkylation sites (tertiary alicyclic amines) is 2. The van der Waals surface area contributed by atoms with Crippen molar-refractivity contribution in [2.45, 2.75) is 147 Å². The number of hydrogen-bond acceptors (Lipinski definition) is 8. The third-order valence-corrected chi connectivity index (χ3v) is 15.1. The fourth-order valence-corrected chi connectivity index (χ4v) is 11.9. The molecule has 3 amide bonds. The maximum atomic E-state index is 14.2. The molecule has 4 heterocycles. The van der Waals surface area contributed by atoms with Crippen LogP contribution in [0.5, 0.6) is 0 Å². The van der Waals surface area contributed by atoms with Gasteiger partial charge in [0.15, 0.2) is 0 Å². The van der Waals surface area contributed by atoms with Crippen molar-refractivity contribution < 1.29 is 29.3 Å². The molecule has 2 saturated carbocycles. The molecule has 1 aromatic carbocycles. The van der Waals surface area contributed by atoms with Crippen LogP contribution in [0.1, 0.15) is 139 Å². The number of aromatic nitrogens is 4. The van der Waals surface area contributed by atoms with E-state index in [1.54, 1.807) is 0 Å². The molecule has 9 aliphatic rings. The minimum absolute atomic E-state index is 0.0201. The highest BCUT2D eigenvalue weighted by atomic mass is 16.6. The van der Waals surface area contributed by atoms with E-state index in [2.05, 4.69) is 57.9 Å². The number of imidazole rings is 2. The van der Waals surface area contributed by atoms with Crippen LogP contribution in [0.15, 0.2) is 48.3 Å². The van der Waals surface area contributed by atoms with Crippen molar-refractivity contribution in [3.8, 4) is 11.3 Å². The second kappa shape index (κ2) is 17.1. The fraction of sp³-hybridized carbons (Fsp3) is 0.604. The molecule has 11 unspecified atom stereocenters. The van der Waals surface area contributed by atoms with E-state index in [1.807, 2.05) is 49.9 Å². The maximum absolute atomic E-state index is 14.2. The Kier molecular flexibility index (Phi) is 11.7. The number of nitrogens with zero attached hydrogens (tertiary/aromatic N) is 4. The second-order valence-electron chi connectivity index (χ2n) is 19.7. The van der Waals surface area contributed by atoms with Crippen molar-refractivity contribution in [2.75, 3.05) is 7.11 Å². The molecular weight excluding hydrogens is 785 g/mol. The van der Waals surface area contributed by atoms with Crippen molar-refractivity contribution in [1.82, 2.24) is 40.4 Å². The highest BCUT2D eigenvalue weighted by Crippen LogP contribution is 2.52. The predicted molar refractivity (Wildman–Crippen MR) is 234 cm³/mol. The molecule has 0 spiro atoms. The maximum Gasteiger partial charge on any atom is 0.405 e. The first-order valence-corrected chi connectivity index (χ1v) is 23.0. The van der Waals surface area contributed by atoms with E-state index in [-0.39, 0.29) is 59.7 Å². The van der Waals surface area contributed by atoms with Gasteiger partial charge in [-0.15, -0.1) is 0 Å². The number of ether oxygens (including phenoxy) is 1. The number of aliphatic hydroxyl groups excluding tert-OH is 1. The summed E-state index contributed by atoms with van der Waals surface area (Å²) in [5, 5.41) is 25.3. The number of fused-ring (bicyclic) bond motifs is 4. The number of allylic oxidation sites excluding steroid dienone is 4. The van der Waals surface area contributed by atoms with Gasteiger partial charge in [0.2, 0.25) is 18.2 Å². The van der Waals surface area contributed by atoms with Crippen molar-refractivity contribution >= 4 is 23.5 Å². The van der Waals surface area contributed by atoms with Crippen molar-refractivity contribution in [2.24, 2.45) is 29.6 Å². The SMILES string of the molecule is COC(O)NC(C(=O)N1C2CCC(C2)C1c1ncc(-c2cc3ccc2CCC2C=C(c4cnc(C5C6CCC(C6)N5C(=O)C(NC(=O)O)C(C)C)[nH]4)C(=CC2)CC3C)[nH]1)C(C)C. The minimum Gasteiger partial charge on any atom is -0.465 e. The Hall–Kier alpha value is -4.79. The molecule has 8 bridgehead atoms. The second-order valence-corrected chi connectivity index (χ2v) is 19.7. The number of rotatable bonds is 12. The summed E-state index contributed by atoms with van der Waals surface area (Å²) in [7, 11) is 1.42. The number of carbonyl (C=O) groups is 3. The van der Waals surface area contributed by atoms with Crippen molar-refractivity contribution in [3.63, 3.8) is 0 Å². The number of carboxylic acid groups (broad SMARTS) is 1. The molecule has 2 aromatic heterocycles. The Morgan fingerprint density at radius 2 is 1.47 bits per heavy atom. The molecule has 14 nitrogen and oxygen atoms in total. The quantitative estimate of drug-likeness (QED) is 0.102. The summed E-state index contributed by atoms with van der Waals surface area (Å²) in [6.07, 6.45) is 15.9. The first kappa shape index (κ1) is 42.5. The van der Waals surface area contributed by atoms with Gasteiger partial charge in [-0.25, -0.2) is 14.8 Å². The number of piperidine rings is 2. The summed E-state index contributed by atoms with van der Waals surface area (Å²) < 4.78 is 5.07. The Morgan fingerprint density at radius 3 is 2.08 bits per heavy atom. The number of nitrogens with one attached hydrogen (secondary N) is 4. The van der Waals surface area contributed by atoms with Crippen LogP contribution in [0.4, 0.5) is 4.79 Å². The number of hydrogen-bond donors (Lipinski definition) is 6. The van der Waals surface area contributed by atoms with Gasteiger partial charge in [0.25, 0.3) is 0 Å². The topological polar surface area (TPSA) is 189 Å². The van der Waals surface area contributed by atoms with Crippen LogP contribution in [0, 0.1) is 29.6 Å². The van der Waals surface area contributed by atoms with E-state index in [1.165, 1.54) is 29.4 Å². The lowest BCUT2D eigenvalue weighted by Crippen LogP contribution is -2.55.